The lowest BCUT2D eigenvalue weighted by molar-refractivity contribution is -0.132. The summed E-state index contributed by atoms with van der Waals surface area (Å²) < 4.78 is 3.49. The zero-order chi connectivity index (χ0) is 15.0. The molecule has 2 fully saturated rings. The molecule has 1 amide bonds. The van der Waals surface area contributed by atoms with Gasteiger partial charge in [-0.05, 0) is 12.8 Å². The van der Waals surface area contributed by atoms with Crippen LogP contribution in [0, 0.1) is 5.92 Å². The average molecular weight is 349 g/mol. The quantitative estimate of drug-likeness (QED) is 0.786. The fourth-order valence-corrected chi connectivity index (χ4v) is 3.84. The molecular weight excluding hydrogens is 331 g/mol. The minimum atomic E-state index is -0.835. The van der Waals surface area contributed by atoms with Crippen molar-refractivity contribution >= 4 is 45.8 Å². The molecule has 2 heterocycles. The number of aromatic nitrogens is 2. The molecule has 1 saturated carbocycles. The third-order valence-corrected chi connectivity index (χ3v) is 5.63. The first kappa shape index (κ1) is 15.3. The van der Waals surface area contributed by atoms with Crippen LogP contribution in [0.1, 0.15) is 25.6 Å². The molecule has 1 aliphatic heterocycles. The summed E-state index contributed by atoms with van der Waals surface area (Å²) in [5, 5.41) is 0.955. The maximum atomic E-state index is 12.3. The summed E-state index contributed by atoms with van der Waals surface area (Å²) in [6.45, 7) is 5.19. The van der Waals surface area contributed by atoms with E-state index in [0.717, 1.165) is 43.4 Å². The van der Waals surface area contributed by atoms with E-state index in [4.69, 9.17) is 23.2 Å². The molecular formula is C13H18Cl2N4OS. The Kier molecular flexibility index (Phi) is 4.30. The van der Waals surface area contributed by atoms with Gasteiger partial charge in [-0.25, -0.2) is 4.98 Å². The van der Waals surface area contributed by atoms with Crippen molar-refractivity contribution in [3.63, 3.8) is 0 Å². The van der Waals surface area contributed by atoms with Gasteiger partial charge in [0.2, 0.25) is 11.0 Å². The van der Waals surface area contributed by atoms with E-state index in [1.807, 2.05) is 4.90 Å². The number of carbonyl (C=O) groups excluding carboxylic acids is 1. The van der Waals surface area contributed by atoms with Gasteiger partial charge < -0.3 is 9.80 Å². The summed E-state index contributed by atoms with van der Waals surface area (Å²) in [5.41, 5.74) is 0. The second-order valence-electron chi connectivity index (χ2n) is 5.53. The normalized spacial score (nSPS) is 24.8. The summed E-state index contributed by atoms with van der Waals surface area (Å²) >= 11 is 13.4. The number of carbonyl (C=O) groups is 1. The van der Waals surface area contributed by atoms with Gasteiger partial charge in [0.15, 0.2) is 0 Å². The summed E-state index contributed by atoms with van der Waals surface area (Å²) in [7, 11) is 0. The van der Waals surface area contributed by atoms with E-state index in [9.17, 15) is 4.79 Å². The summed E-state index contributed by atoms with van der Waals surface area (Å²) in [6.07, 6.45) is 2.35. The van der Waals surface area contributed by atoms with Gasteiger partial charge in [-0.1, -0.05) is 6.92 Å². The molecule has 5 nitrogen and oxygen atoms in total. The van der Waals surface area contributed by atoms with Gasteiger partial charge in [0, 0.05) is 44.1 Å². The van der Waals surface area contributed by atoms with Gasteiger partial charge in [0.25, 0.3) is 0 Å². The molecule has 0 radical (unpaired) electrons. The molecule has 1 aliphatic carbocycles. The molecule has 0 N–H and O–H groups in total. The molecule has 2 aliphatic rings. The van der Waals surface area contributed by atoms with Crippen molar-refractivity contribution in [2.75, 3.05) is 31.1 Å². The van der Waals surface area contributed by atoms with Crippen molar-refractivity contribution in [1.29, 1.82) is 0 Å². The Balaban J connectivity index is 1.60. The van der Waals surface area contributed by atoms with Crippen molar-refractivity contribution in [1.82, 2.24) is 14.3 Å². The zero-order valence-electron chi connectivity index (χ0n) is 11.9. The van der Waals surface area contributed by atoms with Gasteiger partial charge in [0.1, 0.15) is 10.2 Å². The van der Waals surface area contributed by atoms with Crippen LogP contribution in [0.25, 0.3) is 0 Å². The van der Waals surface area contributed by atoms with Crippen molar-refractivity contribution < 1.29 is 4.79 Å². The smallest absolute Gasteiger partial charge is 0.228 e. The minimum Gasteiger partial charge on any atom is -0.345 e. The van der Waals surface area contributed by atoms with Gasteiger partial charge >= 0.3 is 0 Å². The zero-order valence-corrected chi connectivity index (χ0v) is 14.2. The molecule has 0 unspecified atom stereocenters. The Bertz CT molecular complexity index is 536. The summed E-state index contributed by atoms with van der Waals surface area (Å²) in [5.74, 6) is 0.758. The molecule has 21 heavy (non-hydrogen) atoms. The van der Waals surface area contributed by atoms with Crippen LogP contribution in [-0.4, -0.2) is 50.7 Å². The first-order valence-electron chi connectivity index (χ1n) is 7.25. The second-order valence-corrected chi connectivity index (χ2v) is 7.80. The summed E-state index contributed by atoms with van der Waals surface area (Å²) in [6, 6.07) is 0. The van der Waals surface area contributed by atoms with Crippen molar-refractivity contribution in [3.8, 4) is 0 Å². The molecule has 1 saturated heterocycles. The van der Waals surface area contributed by atoms with Gasteiger partial charge in [-0.3, -0.25) is 4.79 Å². The lowest BCUT2D eigenvalue weighted by Gasteiger charge is -2.21. The van der Waals surface area contributed by atoms with E-state index in [0.29, 0.717) is 13.0 Å². The van der Waals surface area contributed by atoms with Crippen molar-refractivity contribution in [2.24, 2.45) is 5.92 Å². The second kappa shape index (κ2) is 5.89. The highest BCUT2D eigenvalue weighted by Crippen LogP contribution is 2.53. The Labute approximate surface area is 138 Å². The molecule has 116 valence electrons. The van der Waals surface area contributed by atoms with E-state index in [-0.39, 0.29) is 11.8 Å². The molecule has 1 atom stereocenters. The predicted octanol–water partition coefficient (Wildman–Crippen LogP) is 2.33. The number of alkyl halides is 2. The van der Waals surface area contributed by atoms with E-state index < -0.39 is 4.33 Å². The first-order valence-corrected chi connectivity index (χ1v) is 8.78. The van der Waals surface area contributed by atoms with Crippen LogP contribution in [0.15, 0.2) is 0 Å². The van der Waals surface area contributed by atoms with Crippen LogP contribution >= 0.6 is 34.7 Å². The molecule has 0 bridgehead atoms. The molecule has 0 aromatic carbocycles. The molecule has 8 heteroatoms. The van der Waals surface area contributed by atoms with Crippen LogP contribution in [0.5, 0.6) is 0 Å². The standard InChI is InChI=1S/C13H18Cl2N4OS/c1-2-10-16-12(21-17-10)19-5-3-4-18(6-7-19)11(20)9-8-13(9,14)15/h9H,2-8H2,1H3/t9-/m1/s1. The minimum absolute atomic E-state index is 0.0911. The van der Waals surface area contributed by atoms with Crippen molar-refractivity contribution in [3.05, 3.63) is 5.82 Å². The third kappa shape index (κ3) is 3.27. The van der Waals surface area contributed by atoms with E-state index >= 15 is 0 Å². The molecule has 1 aromatic heterocycles. The molecule has 1 aromatic rings. The van der Waals surface area contributed by atoms with Gasteiger partial charge in [-0.2, -0.15) is 4.37 Å². The number of halogens is 2. The highest BCUT2D eigenvalue weighted by atomic mass is 35.5. The number of anilines is 1. The van der Waals surface area contributed by atoms with E-state index in [1.54, 1.807) is 0 Å². The van der Waals surface area contributed by atoms with Crippen LogP contribution < -0.4 is 4.90 Å². The molecule has 0 spiro atoms. The number of nitrogens with zero attached hydrogens (tertiary/aromatic N) is 4. The van der Waals surface area contributed by atoms with Crippen LogP contribution in [0.2, 0.25) is 0 Å². The third-order valence-electron chi connectivity index (χ3n) is 3.98. The number of rotatable bonds is 3. The Morgan fingerprint density at radius 2 is 2.14 bits per heavy atom. The highest BCUT2D eigenvalue weighted by Gasteiger charge is 2.57. The Morgan fingerprint density at radius 1 is 1.38 bits per heavy atom. The average Bonchev–Trinajstić information content (AvgIpc) is 2.96. The van der Waals surface area contributed by atoms with Crippen LogP contribution in [0.4, 0.5) is 5.13 Å². The lowest BCUT2D eigenvalue weighted by atomic mass is 10.3. The number of hydrogen-bond donors (Lipinski definition) is 0. The Hall–Kier alpha value is -0.590. The van der Waals surface area contributed by atoms with Crippen LogP contribution in [0.3, 0.4) is 0 Å². The lowest BCUT2D eigenvalue weighted by Crippen LogP contribution is -2.37. The monoisotopic (exact) mass is 348 g/mol. The fraction of sp³-hybridized carbons (Fsp3) is 0.769. The Morgan fingerprint density at radius 3 is 2.76 bits per heavy atom. The number of amides is 1. The van der Waals surface area contributed by atoms with E-state index in [1.165, 1.54) is 11.5 Å². The topological polar surface area (TPSA) is 49.3 Å². The highest BCUT2D eigenvalue weighted by molar-refractivity contribution is 7.09. The van der Waals surface area contributed by atoms with Crippen molar-refractivity contribution in [2.45, 2.75) is 30.5 Å². The molecule has 3 rings (SSSR count). The summed E-state index contributed by atoms with van der Waals surface area (Å²) in [4.78, 5) is 21.0. The largest absolute Gasteiger partial charge is 0.345 e. The SMILES string of the molecule is CCc1nsc(N2CCCN(C(=O)[C@H]3CC3(Cl)Cl)CC2)n1. The first-order chi connectivity index (χ1) is 10.0. The van der Waals surface area contributed by atoms with E-state index in [2.05, 4.69) is 21.2 Å². The fourth-order valence-electron chi connectivity index (χ4n) is 2.55. The van der Waals surface area contributed by atoms with Gasteiger partial charge in [-0.15, -0.1) is 23.2 Å². The number of hydrogen-bond acceptors (Lipinski definition) is 5. The maximum absolute atomic E-state index is 12.3. The number of aryl methyl sites for hydroxylation is 1. The predicted molar refractivity (Wildman–Crippen MR) is 85.2 cm³/mol. The van der Waals surface area contributed by atoms with Gasteiger partial charge in [0.05, 0.1) is 5.92 Å². The maximum Gasteiger partial charge on any atom is 0.228 e. The van der Waals surface area contributed by atoms with Crippen LogP contribution in [-0.2, 0) is 11.2 Å².